The van der Waals surface area contributed by atoms with Gasteiger partial charge in [0.05, 0.1) is 7.11 Å². The Morgan fingerprint density at radius 2 is 2.00 bits per heavy atom. The first-order valence-corrected chi connectivity index (χ1v) is 7.81. The smallest absolute Gasteiger partial charge is 0.266 e. The monoisotopic (exact) mass is 346 g/mol. The zero-order valence-electron chi connectivity index (χ0n) is 14.6. The Bertz CT molecular complexity index is 900. The third kappa shape index (κ3) is 4.90. The van der Waals surface area contributed by atoms with E-state index in [1.54, 1.807) is 30.3 Å². The highest BCUT2D eigenvalue weighted by Crippen LogP contribution is 2.27. The number of nitriles is 1. The van der Waals surface area contributed by atoms with Crippen molar-refractivity contribution in [2.24, 2.45) is 0 Å². The Morgan fingerprint density at radius 3 is 2.62 bits per heavy atom. The van der Waals surface area contributed by atoms with Crippen LogP contribution in [0.25, 0.3) is 6.08 Å². The summed E-state index contributed by atoms with van der Waals surface area (Å²) in [6.07, 6.45) is 6.68. The molecule has 5 heteroatoms. The molecule has 2 rings (SSSR count). The van der Waals surface area contributed by atoms with E-state index in [1.165, 1.54) is 13.2 Å². The molecule has 0 saturated heterocycles. The molecule has 26 heavy (non-hydrogen) atoms. The molecule has 0 aliphatic carbocycles. The largest absolute Gasteiger partial charge is 0.497 e. The summed E-state index contributed by atoms with van der Waals surface area (Å²) in [5.74, 6) is 2.88. The molecule has 0 spiro atoms. The number of hydrogen-bond donors (Lipinski definition) is 1. The maximum Gasteiger partial charge on any atom is 0.266 e. The molecule has 0 aromatic heterocycles. The number of rotatable bonds is 6. The second kappa shape index (κ2) is 8.96. The van der Waals surface area contributed by atoms with E-state index >= 15 is 0 Å². The van der Waals surface area contributed by atoms with Crippen LogP contribution in [0.3, 0.4) is 0 Å². The molecule has 0 aliphatic heterocycles. The van der Waals surface area contributed by atoms with Gasteiger partial charge in [-0.1, -0.05) is 23.6 Å². The van der Waals surface area contributed by atoms with Crippen molar-refractivity contribution in [3.8, 4) is 29.9 Å². The highest BCUT2D eigenvalue weighted by molar-refractivity contribution is 6.09. The van der Waals surface area contributed by atoms with Gasteiger partial charge < -0.3 is 14.8 Å². The number of ether oxygens (including phenoxy) is 2. The SMILES string of the molecule is C#CCOc1cc(OC)ccc1/C=C(\C#N)C(=O)Nc1ccc(C)cc1. The molecule has 0 unspecified atom stereocenters. The second-order valence-electron chi connectivity index (χ2n) is 5.39. The fourth-order valence-electron chi connectivity index (χ4n) is 2.14. The van der Waals surface area contributed by atoms with Gasteiger partial charge in [0.15, 0.2) is 0 Å². The number of carbonyl (C=O) groups excluding carboxylic acids is 1. The molecule has 5 nitrogen and oxygen atoms in total. The number of amides is 1. The lowest BCUT2D eigenvalue weighted by atomic mass is 10.1. The van der Waals surface area contributed by atoms with Gasteiger partial charge in [0.25, 0.3) is 5.91 Å². The Hall–Kier alpha value is -3.70. The van der Waals surface area contributed by atoms with Gasteiger partial charge in [-0.25, -0.2) is 0 Å². The van der Waals surface area contributed by atoms with E-state index in [9.17, 15) is 10.1 Å². The number of terminal acetylenes is 1. The average molecular weight is 346 g/mol. The molecule has 1 amide bonds. The molecule has 0 bridgehead atoms. The van der Waals surface area contributed by atoms with Crippen molar-refractivity contribution in [3.63, 3.8) is 0 Å². The first kappa shape index (κ1) is 18.6. The van der Waals surface area contributed by atoms with E-state index in [1.807, 2.05) is 25.1 Å². The minimum atomic E-state index is -0.505. The lowest BCUT2D eigenvalue weighted by Gasteiger charge is -2.10. The Balaban J connectivity index is 2.29. The predicted molar refractivity (Wildman–Crippen MR) is 101 cm³/mol. The van der Waals surface area contributed by atoms with Crippen LogP contribution in [-0.2, 0) is 4.79 Å². The third-order valence-corrected chi connectivity index (χ3v) is 3.51. The van der Waals surface area contributed by atoms with E-state index in [0.29, 0.717) is 22.7 Å². The van der Waals surface area contributed by atoms with Crippen LogP contribution in [-0.4, -0.2) is 19.6 Å². The number of nitrogens with zero attached hydrogens (tertiary/aromatic N) is 1. The lowest BCUT2D eigenvalue weighted by Crippen LogP contribution is -2.13. The van der Waals surface area contributed by atoms with Gasteiger partial charge in [0.1, 0.15) is 29.7 Å². The van der Waals surface area contributed by atoms with Crippen LogP contribution < -0.4 is 14.8 Å². The van der Waals surface area contributed by atoms with E-state index in [-0.39, 0.29) is 12.2 Å². The van der Waals surface area contributed by atoms with Gasteiger partial charge in [0, 0.05) is 17.3 Å². The predicted octanol–water partition coefficient (Wildman–Crippen LogP) is 3.56. The molecule has 2 aromatic rings. The average Bonchev–Trinajstić information content (AvgIpc) is 2.66. The van der Waals surface area contributed by atoms with E-state index in [4.69, 9.17) is 15.9 Å². The summed E-state index contributed by atoms with van der Waals surface area (Å²) in [4.78, 5) is 12.4. The van der Waals surface area contributed by atoms with Crippen molar-refractivity contribution in [1.82, 2.24) is 0 Å². The zero-order valence-corrected chi connectivity index (χ0v) is 14.6. The molecule has 130 valence electrons. The van der Waals surface area contributed by atoms with Gasteiger partial charge in [-0.05, 0) is 37.3 Å². The summed E-state index contributed by atoms with van der Waals surface area (Å²) >= 11 is 0. The number of nitrogens with one attached hydrogen (secondary N) is 1. The third-order valence-electron chi connectivity index (χ3n) is 3.51. The first-order chi connectivity index (χ1) is 12.6. The summed E-state index contributed by atoms with van der Waals surface area (Å²) < 4.78 is 10.6. The van der Waals surface area contributed by atoms with Gasteiger partial charge in [-0.3, -0.25) is 4.79 Å². The van der Waals surface area contributed by atoms with Crippen LogP contribution >= 0.6 is 0 Å². The zero-order chi connectivity index (χ0) is 18.9. The fraction of sp³-hybridized carbons (Fsp3) is 0.143. The summed E-state index contributed by atoms with van der Waals surface area (Å²) in [5.41, 5.74) is 2.19. The molecule has 2 aromatic carbocycles. The van der Waals surface area contributed by atoms with Crippen molar-refractivity contribution >= 4 is 17.7 Å². The van der Waals surface area contributed by atoms with Crippen LogP contribution in [0.4, 0.5) is 5.69 Å². The number of methoxy groups -OCH3 is 1. The number of carbonyl (C=O) groups is 1. The summed E-state index contributed by atoms with van der Waals surface area (Å²) in [6.45, 7) is 2.01. The first-order valence-electron chi connectivity index (χ1n) is 7.81. The number of benzene rings is 2. The topological polar surface area (TPSA) is 71.3 Å². The van der Waals surface area contributed by atoms with Crippen molar-refractivity contribution in [1.29, 1.82) is 5.26 Å². The van der Waals surface area contributed by atoms with Gasteiger partial charge >= 0.3 is 0 Å². The fourth-order valence-corrected chi connectivity index (χ4v) is 2.14. The van der Waals surface area contributed by atoms with E-state index < -0.39 is 5.91 Å². The van der Waals surface area contributed by atoms with Gasteiger partial charge in [-0.15, -0.1) is 6.42 Å². The quantitative estimate of drug-likeness (QED) is 0.493. The molecule has 0 fully saturated rings. The van der Waals surface area contributed by atoms with Crippen LogP contribution in [0.15, 0.2) is 48.0 Å². The van der Waals surface area contributed by atoms with Gasteiger partial charge in [0.2, 0.25) is 0 Å². The molecular formula is C21H18N2O3. The number of hydrogen-bond acceptors (Lipinski definition) is 4. The van der Waals surface area contributed by atoms with E-state index in [0.717, 1.165) is 5.56 Å². The van der Waals surface area contributed by atoms with Crippen molar-refractivity contribution in [2.75, 3.05) is 19.0 Å². The van der Waals surface area contributed by atoms with Crippen LogP contribution in [0.5, 0.6) is 11.5 Å². The molecule has 0 saturated carbocycles. The Morgan fingerprint density at radius 1 is 1.27 bits per heavy atom. The summed E-state index contributed by atoms with van der Waals surface area (Å²) in [5, 5.41) is 12.1. The standard InChI is InChI=1S/C21H18N2O3/c1-4-11-26-20-13-19(25-3)10-7-16(20)12-17(14-22)21(24)23-18-8-5-15(2)6-9-18/h1,5-10,12-13H,11H2,2-3H3,(H,23,24)/b17-12+. The van der Waals surface area contributed by atoms with E-state index in [2.05, 4.69) is 11.2 Å². The molecular weight excluding hydrogens is 328 g/mol. The molecule has 0 radical (unpaired) electrons. The highest BCUT2D eigenvalue weighted by Gasteiger charge is 2.12. The molecule has 0 atom stereocenters. The van der Waals surface area contributed by atoms with Crippen LogP contribution in [0.1, 0.15) is 11.1 Å². The lowest BCUT2D eigenvalue weighted by molar-refractivity contribution is -0.112. The Kier molecular flexibility index (Phi) is 6.42. The molecule has 0 aliphatic rings. The summed E-state index contributed by atoms with van der Waals surface area (Å²) in [6, 6.07) is 14.3. The number of aryl methyl sites for hydroxylation is 1. The highest BCUT2D eigenvalue weighted by atomic mass is 16.5. The maximum absolute atomic E-state index is 12.4. The Labute approximate surface area is 152 Å². The normalized spacial score (nSPS) is 10.4. The minimum absolute atomic E-state index is 0.0544. The van der Waals surface area contributed by atoms with Crippen molar-refractivity contribution < 1.29 is 14.3 Å². The van der Waals surface area contributed by atoms with Crippen LogP contribution in [0, 0.1) is 30.6 Å². The molecule has 1 N–H and O–H groups in total. The molecule has 0 heterocycles. The summed E-state index contributed by atoms with van der Waals surface area (Å²) in [7, 11) is 1.53. The van der Waals surface area contributed by atoms with Crippen molar-refractivity contribution in [3.05, 3.63) is 59.2 Å². The second-order valence-corrected chi connectivity index (χ2v) is 5.39. The van der Waals surface area contributed by atoms with Crippen molar-refractivity contribution in [2.45, 2.75) is 6.92 Å². The van der Waals surface area contributed by atoms with Crippen LogP contribution in [0.2, 0.25) is 0 Å². The maximum atomic E-state index is 12.4. The minimum Gasteiger partial charge on any atom is -0.497 e. The van der Waals surface area contributed by atoms with Gasteiger partial charge in [-0.2, -0.15) is 5.26 Å². The number of anilines is 1.